The van der Waals surface area contributed by atoms with Crippen LogP contribution >= 0.6 is 11.3 Å². The average molecular weight is 357 g/mol. The van der Waals surface area contributed by atoms with E-state index in [9.17, 15) is 4.79 Å². The van der Waals surface area contributed by atoms with Crippen LogP contribution < -0.4 is 5.32 Å². The Kier molecular flexibility index (Phi) is 4.27. The molecule has 6 nitrogen and oxygen atoms in total. The van der Waals surface area contributed by atoms with Gasteiger partial charge in [-0.3, -0.25) is 4.79 Å². The summed E-state index contributed by atoms with van der Waals surface area (Å²) < 4.78 is 12.0. The van der Waals surface area contributed by atoms with Gasteiger partial charge in [-0.15, -0.1) is 11.3 Å². The third-order valence-corrected chi connectivity index (χ3v) is 5.36. The third-order valence-electron chi connectivity index (χ3n) is 4.41. The molecule has 2 aromatic heterocycles. The van der Waals surface area contributed by atoms with E-state index in [4.69, 9.17) is 9.26 Å². The van der Waals surface area contributed by atoms with E-state index in [1.54, 1.807) is 11.3 Å². The minimum absolute atomic E-state index is 0.0363. The van der Waals surface area contributed by atoms with Gasteiger partial charge < -0.3 is 14.6 Å². The van der Waals surface area contributed by atoms with Gasteiger partial charge in [0.15, 0.2) is 0 Å². The van der Waals surface area contributed by atoms with E-state index >= 15 is 0 Å². The lowest BCUT2D eigenvalue weighted by Gasteiger charge is -2.18. The number of hydrogen-bond donors (Lipinski definition) is 1. The van der Waals surface area contributed by atoms with Crippen LogP contribution in [0.25, 0.3) is 10.2 Å². The fourth-order valence-corrected chi connectivity index (χ4v) is 3.97. The molecule has 130 valence electrons. The first-order valence-corrected chi connectivity index (χ1v) is 9.08. The summed E-state index contributed by atoms with van der Waals surface area (Å²) >= 11 is 1.63. The van der Waals surface area contributed by atoms with Gasteiger partial charge in [0.2, 0.25) is 0 Å². The van der Waals surface area contributed by atoms with Gasteiger partial charge in [-0.05, 0) is 32.0 Å². The highest BCUT2D eigenvalue weighted by Gasteiger charge is 2.31. The Morgan fingerprint density at radius 2 is 2.20 bits per heavy atom. The first-order valence-electron chi connectivity index (χ1n) is 8.26. The minimum Gasteiger partial charge on any atom is -0.379 e. The maximum Gasteiger partial charge on any atom is 0.251 e. The number of thiazole rings is 1. The van der Waals surface area contributed by atoms with Crippen molar-refractivity contribution < 1.29 is 14.1 Å². The van der Waals surface area contributed by atoms with Crippen LogP contribution in [0.2, 0.25) is 0 Å². The number of benzene rings is 1. The summed E-state index contributed by atoms with van der Waals surface area (Å²) in [6.45, 7) is 4.99. The zero-order chi connectivity index (χ0) is 17.4. The van der Waals surface area contributed by atoms with Crippen LogP contribution in [0.15, 0.2) is 28.8 Å². The second-order valence-corrected chi connectivity index (χ2v) is 7.67. The van der Waals surface area contributed by atoms with Crippen LogP contribution in [0, 0.1) is 19.8 Å². The van der Waals surface area contributed by atoms with Crippen molar-refractivity contribution in [2.45, 2.75) is 26.3 Å². The average Bonchev–Trinajstić information content (AvgIpc) is 3.27. The first kappa shape index (κ1) is 16.2. The van der Waals surface area contributed by atoms with Gasteiger partial charge >= 0.3 is 0 Å². The molecule has 1 aliphatic rings. The summed E-state index contributed by atoms with van der Waals surface area (Å²) in [4.78, 5) is 17.1. The number of amides is 1. The quantitative estimate of drug-likeness (QED) is 0.777. The number of nitrogens with zero attached hydrogens (tertiary/aromatic N) is 2. The Bertz CT molecular complexity index is 917. The molecule has 4 rings (SSSR count). The molecule has 0 aliphatic carbocycles. The maximum atomic E-state index is 12.6. The molecular weight excluding hydrogens is 338 g/mol. The first-order chi connectivity index (χ1) is 12.1. The van der Waals surface area contributed by atoms with E-state index in [0.717, 1.165) is 26.7 Å². The topological polar surface area (TPSA) is 77.2 Å². The maximum absolute atomic E-state index is 12.6. The molecule has 3 heterocycles. The Morgan fingerprint density at radius 3 is 3.00 bits per heavy atom. The van der Waals surface area contributed by atoms with Crippen molar-refractivity contribution in [2.75, 3.05) is 13.2 Å². The Balaban J connectivity index is 1.46. The molecule has 1 saturated heterocycles. The van der Waals surface area contributed by atoms with Crippen molar-refractivity contribution >= 4 is 27.5 Å². The van der Waals surface area contributed by atoms with E-state index in [1.807, 2.05) is 38.1 Å². The largest absolute Gasteiger partial charge is 0.379 e. The number of fused-ring (bicyclic) bond motifs is 1. The summed E-state index contributed by atoms with van der Waals surface area (Å²) in [6.07, 6.45) is 0.704. The van der Waals surface area contributed by atoms with Crippen LogP contribution in [0.1, 0.15) is 26.8 Å². The fraction of sp³-hybridized carbons (Fsp3) is 0.389. The summed E-state index contributed by atoms with van der Waals surface area (Å²) in [5, 5.41) is 8.01. The zero-order valence-electron chi connectivity index (χ0n) is 14.1. The molecule has 0 saturated carbocycles. The highest BCUT2D eigenvalue weighted by Crippen LogP contribution is 2.23. The molecule has 0 spiro atoms. The number of aromatic nitrogens is 2. The highest BCUT2D eigenvalue weighted by atomic mass is 32.1. The monoisotopic (exact) mass is 357 g/mol. The number of carbonyl (C=O) groups is 1. The summed E-state index contributed by atoms with van der Waals surface area (Å²) in [5.41, 5.74) is 2.35. The number of ether oxygens (including phenoxy) is 1. The van der Waals surface area contributed by atoms with Crippen LogP contribution in [0.3, 0.4) is 0 Å². The molecular formula is C18H19N3O3S. The fourth-order valence-electron chi connectivity index (χ4n) is 3.17. The molecule has 1 fully saturated rings. The van der Waals surface area contributed by atoms with Gasteiger partial charge in [0, 0.05) is 24.0 Å². The molecule has 0 bridgehead atoms. The SMILES string of the molecule is Cc1cc(CC2COCC2NC(=O)c2ccc3sc(C)nc3c2)on1. The Labute approximate surface area is 149 Å². The van der Waals surface area contributed by atoms with Crippen molar-refractivity contribution in [1.29, 1.82) is 0 Å². The smallest absolute Gasteiger partial charge is 0.251 e. The van der Waals surface area contributed by atoms with E-state index < -0.39 is 0 Å². The normalized spacial score (nSPS) is 20.2. The number of rotatable bonds is 4. The van der Waals surface area contributed by atoms with E-state index in [2.05, 4.69) is 15.5 Å². The van der Waals surface area contributed by atoms with E-state index in [1.165, 1.54) is 0 Å². The lowest BCUT2D eigenvalue weighted by Crippen LogP contribution is -2.40. The van der Waals surface area contributed by atoms with Crippen LogP contribution in [-0.4, -0.2) is 35.3 Å². The minimum atomic E-state index is -0.0956. The van der Waals surface area contributed by atoms with Crippen molar-refractivity contribution in [2.24, 2.45) is 5.92 Å². The molecule has 25 heavy (non-hydrogen) atoms. The lowest BCUT2D eigenvalue weighted by atomic mass is 9.98. The molecule has 1 N–H and O–H groups in total. The number of hydrogen-bond acceptors (Lipinski definition) is 6. The second-order valence-electron chi connectivity index (χ2n) is 6.43. The van der Waals surface area contributed by atoms with Gasteiger partial charge in [0.25, 0.3) is 5.91 Å². The molecule has 1 aliphatic heterocycles. The summed E-state index contributed by atoms with van der Waals surface area (Å²) in [7, 11) is 0. The predicted octanol–water partition coefficient (Wildman–Crippen LogP) is 2.89. The molecule has 1 amide bonds. The molecule has 2 atom stereocenters. The van der Waals surface area contributed by atoms with Crippen molar-refractivity contribution in [3.63, 3.8) is 0 Å². The zero-order valence-corrected chi connectivity index (χ0v) is 14.9. The van der Waals surface area contributed by atoms with Crippen LogP contribution in [0.4, 0.5) is 0 Å². The van der Waals surface area contributed by atoms with Crippen molar-refractivity contribution in [3.05, 3.63) is 46.3 Å². The standard InChI is InChI=1S/C18H19N3O3S/c1-10-5-14(24-21-10)6-13-8-23-9-16(13)20-18(22)12-3-4-17-15(7-12)19-11(2)25-17/h3-5,7,13,16H,6,8-9H2,1-2H3,(H,20,22). The molecule has 2 unspecified atom stereocenters. The van der Waals surface area contributed by atoms with E-state index in [-0.39, 0.29) is 17.9 Å². The van der Waals surface area contributed by atoms with Gasteiger partial charge in [-0.2, -0.15) is 0 Å². The van der Waals surface area contributed by atoms with Gasteiger partial charge in [-0.1, -0.05) is 5.16 Å². The summed E-state index contributed by atoms with van der Waals surface area (Å²) in [5.74, 6) is 0.912. The summed E-state index contributed by atoms with van der Waals surface area (Å²) in [6, 6.07) is 7.54. The van der Waals surface area contributed by atoms with Crippen LogP contribution in [-0.2, 0) is 11.2 Å². The molecule has 1 aromatic carbocycles. The van der Waals surface area contributed by atoms with Crippen molar-refractivity contribution in [3.8, 4) is 0 Å². The molecule has 3 aromatic rings. The number of aryl methyl sites for hydroxylation is 2. The predicted molar refractivity (Wildman–Crippen MR) is 94.9 cm³/mol. The van der Waals surface area contributed by atoms with Gasteiger partial charge in [-0.25, -0.2) is 4.98 Å². The lowest BCUT2D eigenvalue weighted by molar-refractivity contribution is 0.0924. The highest BCUT2D eigenvalue weighted by molar-refractivity contribution is 7.18. The van der Waals surface area contributed by atoms with Crippen LogP contribution in [0.5, 0.6) is 0 Å². The third kappa shape index (κ3) is 3.43. The Hall–Kier alpha value is -2.25. The van der Waals surface area contributed by atoms with Gasteiger partial charge in [0.1, 0.15) is 5.76 Å². The number of carbonyl (C=O) groups excluding carboxylic acids is 1. The van der Waals surface area contributed by atoms with Crippen molar-refractivity contribution in [1.82, 2.24) is 15.5 Å². The molecule has 0 radical (unpaired) electrons. The number of nitrogens with one attached hydrogen (secondary N) is 1. The second kappa shape index (κ2) is 6.57. The van der Waals surface area contributed by atoms with Gasteiger partial charge in [0.05, 0.1) is 40.2 Å². The van der Waals surface area contributed by atoms with E-state index in [0.29, 0.717) is 25.2 Å². The Morgan fingerprint density at radius 1 is 1.32 bits per heavy atom. The molecule has 7 heteroatoms.